The predicted octanol–water partition coefficient (Wildman–Crippen LogP) is 1.07. The predicted molar refractivity (Wildman–Crippen MR) is 70.5 cm³/mol. The van der Waals surface area contributed by atoms with E-state index in [1.165, 1.54) is 0 Å². The van der Waals surface area contributed by atoms with E-state index in [1.807, 2.05) is 6.92 Å². The van der Waals surface area contributed by atoms with E-state index in [-0.39, 0.29) is 6.10 Å². The molecule has 1 heterocycles. The molecule has 0 bridgehead atoms. The molecule has 5 nitrogen and oxygen atoms in total. The summed E-state index contributed by atoms with van der Waals surface area (Å²) in [5.74, 6) is -0.895. The Bertz CT molecular complexity index is 285. The standard InChI is InChI=1S/C13H26N2O3/c1-4-13(14,12(16)17)6-5-7-15-8-11(3)18-9-10(15)2/h10-11H,4-9,14H2,1-3H3,(H,16,17). The van der Waals surface area contributed by atoms with Crippen molar-refractivity contribution < 1.29 is 14.6 Å². The molecule has 1 saturated heterocycles. The fraction of sp³-hybridized carbons (Fsp3) is 0.923. The molecule has 0 amide bonds. The van der Waals surface area contributed by atoms with Crippen LogP contribution < -0.4 is 5.73 Å². The van der Waals surface area contributed by atoms with E-state index in [0.29, 0.717) is 18.9 Å². The second-order valence-electron chi connectivity index (χ2n) is 5.41. The summed E-state index contributed by atoms with van der Waals surface area (Å²) in [6.45, 7) is 8.59. The highest BCUT2D eigenvalue weighted by Crippen LogP contribution is 2.17. The van der Waals surface area contributed by atoms with Gasteiger partial charge >= 0.3 is 5.97 Å². The Morgan fingerprint density at radius 2 is 2.22 bits per heavy atom. The van der Waals surface area contributed by atoms with Gasteiger partial charge in [-0.15, -0.1) is 0 Å². The third-order valence-electron chi connectivity index (χ3n) is 3.86. The molecule has 1 aliphatic heterocycles. The van der Waals surface area contributed by atoms with Crippen molar-refractivity contribution in [1.29, 1.82) is 0 Å². The molecule has 0 radical (unpaired) electrons. The van der Waals surface area contributed by atoms with Gasteiger partial charge in [0, 0.05) is 12.6 Å². The van der Waals surface area contributed by atoms with E-state index in [2.05, 4.69) is 18.7 Å². The van der Waals surface area contributed by atoms with Gasteiger partial charge < -0.3 is 15.6 Å². The summed E-state index contributed by atoms with van der Waals surface area (Å²) in [4.78, 5) is 13.4. The highest BCUT2D eigenvalue weighted by molar-refractivity contribution is 5.78. The van der Waals surface area contributed by atoms with Crippen molar-refractivity contribution in [3.63, 3.8) is 0 Å². The van der Waals surface area contributed by atoms with E-state index in [9.17, 15) is 4.79 Å². The van der Waals surface area contributed by atoms with E-state index >= 15 is 0 Å². The number of carbonyl (C=O) groups is 1. The minimum absolute atomic E-state index is 0.259. The van der Waals surface area contributed by atoms with Gasteiger partial charge in [0.05, 0.1) is 12.7 Å². The average molecular weight is 258 g/mol. The van der Waals surface area contributed by atoms with Crippen molar-refractivity contribution in [1.82, 2.24) is 4.90 Å². The number of aliphatic carboxylic acids is 1. The van der Waals surface area contributed by atoms with Crippen LogP contribution in [0.15, 0.2) is 0 Å². The summed E-state index contributed by atoms with van der Waals surface area (Å²) in [5, 5.41) is 9.10. The Hall–Kier alpha value is -0.650. The minimum Gasteiger partial charge on any atom is -0.480 e. The fourth-order valence-electron chi connectivity index (χ4n) is 2.32. The van der Waals surface area contributed by atoms with E-state index in [1.54, 1.807) is 0 Å². The molecule has 3 N–H and O–H groups in total. The second kappa shape index (κ2) is 6.50. The Labute approximate surface area is 109 Å². The molecule has 0 saturated carbocycles. The zero-order valence-corrected chi connectivity index (χ0v) is 11.7. The van der Waals surface area contributed by atoms with Gasteiger partial charge in [-0.2, -0.15) is 0 Å². The van der Waals surface area contributed by atoms with Gasteiger partial charge in [0.2, 0.25) is 0 Å². The summed E-state index contributed by atoms with van der Waals surface area (Å²) >= 11 is 0. The lowest BCUT2D eigenvalue weighted by Gasteiger charge is -2.37. The highest BCUT2D eigenvalue weighted by Gasteiger charge is 2.32. The number of morpholine rings is 1. The molecule has 0 spiro atoms. The maximum absolute atomic E-state index is 11.1. The lowest BCUT2D eigenvalue weighted by molar-refractivity contribution is -0.143. The number of nitrogens with two attached hydrogens (primary N) is 1. The Kier molecular flexibility index (Phi) is 5.56. The quantitative estimate of drug-likeness (QED) is 0.745. The van der Waals surface area contributed by atoms with Gasteiger partial charge in [-0.05, 0) is 39.7 Å². The molecule has 0 aliphatic carbocycles. The summed E-state index contributed by atoms with van der Waals surface area (Å²) in [5.41, 5.74) is 4.81. The van der Waals surface area contributed by atoms with Crippen molar-refractivity contribution in [2.75, 3.05) is 19.7 Å². The number of carboxylic acid groups (broad SMARTS) is 1. The Balaban J connectivity index is 2.38. The lowest BCUT2D eigenvalue weighted by atomic mass is 9.91. The van der Waals surface area contributed by atoms with Crippen molar-refractivity contribution in [2.24, 2.45) is 5.73 Å². The third kappa shape index (κ3) is 3.93. The van der Waals surface area contributed by atoms with Gasteiger partial charge in [0.25, 0.3) is 0 Å². The smallest absolute Gasteiger partial charge is 0.323 e. The molecule has 1 aliphatic rings. The zero-order chi connectivity index (χ0) is 13.8. The maximum atomic E-state index is 11.1. The van der Waals surface area contributed by atoms with Crippen LogP contribution in [-0.4, -0.2) is 53.4 Å². The van der Waals surface area contributed by atoms with Crippen LogP contribution in [0.2, 0.25) is 0 Å². The van der Waals surface area contributed by atoms with E-state index in [4.69, 9.17) is 15.6 Å². The van der Waals surface area contributed by atoms with Crippen molar-refractivity contribution >= 4 is 5.97 Å². The molecule has 3 atom stereocenters. The van der Waals surface area contributed by atoms with Crippen LogP contribution in [-0.2, 0) is 9.53 Å². The van der Waals surface area contributed by atoms with Gasteiger partial charge in [-0.3, -0.25) is 9.69 Å². The van der Waals surface area contributed by atoms with E-state index < -0.39 is 11.5 Å². The fourth-order valence-corrected chi connectivity index (χ4v) is 2.32. The first-order chi connectivity index (χ1) is 8.39. The normalized spacial score (nSPS) is 28.9. The minimum atomic E-state index is -1.07. The number of hydrogen-bond donors (Lipinski definition) is 2. The monoisotopic (exact) mass is 258 g/mol. The molecule has 0 aromatic carbocycles. The molecule has 18 heavy (non-hydrogen) atoms. The number of carboxylic acids is 1. The molecule has 3 unspecified atom stereocenters. The zero-order valence-electron chi connectivity index (χ0n) is 11.7. The number of rotatable bonds is 6. The summed E-state index contributed by atoms with van der Waals surface area (Å²) < 4.78 is 5.57. The highest BCUT2D eigenvalue weighted by atomic mass is 16.5. The maximum Gasteiger partial charge on any atom is 0.323 e. The molecule has 106 valence electrons. The topological polar surface area (TPSA) is 75.8 Å². The van der Waals surface area contributed by atoms with Crippen LogP contribution >= 0.6 is 0 Å². The summed E-state index contributed by atoms with van der Waals surface area (Å²) in [6.07, 6.45) is 2.07. The molecular formula is C13H26N2O3. The van der Waals surface area contributed by atoms with Crippen LogP contribution in [0.3, 0.4) is 0 Å². The van der Waals surface area contributed by atoms with Gasteiger partial charge in [0.1, 0.15) is 5.54 Å². The SMILES string of the molecule is CCC(N)(CCCN1CC(C)OCC1C)C(=O)O. The first-order valence-corrected chi connectivity index (χ1v) is 6.77. The number of hydrogen-bond acceptors (Lipinski definition) is 4. The Morgan fingerprint density at radius 3 is 2.78 bits per heavy atom. The lowest BCUT2D eigenvalue weighted by Crippen LogP contribution is -2.50. The average Bonchev–Trinajstić information content (AvgIpc) is 2.33. The van der Waals surface area contributed by atoms with Crippen LogP contribution in [0.25, 0.3) is 0 Å². The van der Waals surface area contributed by atoms with Crippen molar-refractivity contribution in [3.8, 4) is 0 Å². The first kappa shape index (κ1) is 15.4. The van der Waals surface area contributed by atoms with Crippen LogP contribution in [0.4, 0.5) is 0 Å². The molecular weight excluding hydrogens is 232 g/mol. The number of ether oxygens (including phenoxy) is 1. The van der Waals surface area contributed by atoms with Gasteiger partial charge in [-0.1, -0.05) is 6.92 Å². The molecule has 1 fully saturated rings. The molecule has 0 aromatic heterocycles. The second-order valence-corrected chi connectivity index (χ2v) is 5.41. The van der Waals surface area contributed by atoms with Crippen LogP contribution in [0, 0.1) is 0 Å². The third-order valence-corrected chi connectivity index (χ3v) is 3.86. The first-order valence-electron chi connectivity index (χ1n) is 6.77. The molecule has 5 heteroatoms. The van der Waals surface area contributed by atoms with Gasteiger partial charge in [0.15, 0.2) is 0 Å². The molecule has 0 aromatic rings. The molecule has 1 rings (SSSR count). The van der Waals surface area contributed by atoms with Crippen LogP contribution in [0.5, 0.6) is 0 Å². The largest absolute Gasteiger partial charge is 0.480 e. The summed E-state index contributed by atoms with van der Waals surface area (Å²) in [7, 11) is 0. The summed E-state index contributed by atoms with van der Waals surface area (Å²) in [6, 6.07) is 0.403. The van der Waals surface area contributed by atoms with Crippen molar-refractivity contribution in [2.45, 2.75) is 57.7 Å². The van der Waals surface area contributed by atoms with Crippen LogP contribution in [0.1, 0.15) is 40.0 Å². The Morgan fingerprint density at radius 1 is 1.56 bits per heavy atom. The van der Waals surface area contributed by atoms with Gasteiger partial charge in [-0.25, -0.2) is 0 Å². The van der Waals surface area contributed by atoms with E-state index in [0.717, 1.165) is 26.1 Å². The van der Waals surface area contributed by atoms with Crippen molar-refractivity contribution in [3.05, 3.63) is 0 Å². The number of nitrogens with zero attached hydrogens (tertiary/aromatic N) is 1.